The van der Waals surface area contributed by atoms with Gasteiger partial charge in [0.2, 0.25) is 0 Å². The molecule has 0 fully saturated rings. The van der Waals surface area contributed by atoms with Crippen LogP contribution < -0.4 is 5.43 Å². The Labute approximate surface area is 77.3 Å². The summed E-state index contributed by atoms with van der Waals surface area (Å²) < 4.78 is 0. The SMILES string of the molecule is CCCCCNN(C)CCCC. The molecule has 0 rings (SSSR count). The lowest BCUT2D eigenvalue weighted by atomic mass is 10.2. The Morgan fingerprint density at radius 1 is 1.00 bits per heavy atom. The van der Waals surface area contributed by atoms with Crippen molar-refractivity contribution in [2.24, 2.45) is 0 Å². The average Bonchev–Trinajstić information content (AvgIpc) is 2.09. The van der Waals surface area contributed by atoms with Gasteiger partial charge in [-0.1, -0.05) is 33.1 Å². The van der Waals surface area contributed by atoms with E-state index in [-0.39, 0.29) is 0 Å². The van der Waals surface area contributed by atoms with Gasteiger partial charge in [0.05, 0.1) is 0 Å². The van der Waals surface area contributed by atoms with Crippen LogP contribution in [-0.2, 0) is 0 Å². The van der Waals surface area contributed by atoms with Gasteiger partial charge in [0.15, 0.2) is 0 Å². The fourth-order valence-corrected chi connectivity index (χ4v) is 1.12. The number of hydrogen-bond acceptors (Lipinski definition) is 2. The molecule has 0 radical (unpaired) electrons. The molecule has 0 saturated heterocycles. The predicted octanol–water partition coefficient (Wildman–Crippen LogP) is 2.41. The van der Waals surface area contributed by atoms with Crippen LogP contribution in [0.15, 0.2) is 0 Å². The molecule has 0 spiro atoms. The molecule has 0 aliphatic rings. The Morgan fingerprint density at radius 3 is 2.25 bits per heavy atom. The fourth-order valence-electron chi connectivity index (χ4n) is 1.12. The summed E-state index contributed by atoms with van der Waals surface area (Å²) in [6, 6.07) is 0. The molecule has 0 aliphatic carbocycles. The minimum Gasteiger partial charge on any atom is -0.255 e. The molecule has 0 unspecified atom stereocenters. The first-order valence-corrected chi connectivity index (χ1v) is 5.25. The zero-order valence-corrected chi connectivity index (χ0v) is 8.90. The monoisotopic (exact) mass is 172 g/mol. The highest BCUT2D eigenvalue weighted by Gasteiger charge is 1.94. The van der Waals surface area contributed by atoms with Crippen LogP contribution in [-0.4, -0.2) is 25.1 Å². The van der Waals surface area contributed by atoms with Crippen LogP contribution in [0.25, 0.3) is 0 Å². The molecule has 74 valence electrons. The molecular formula is C10H24N2. The molecule has 1 N–H and O–H groups in total. The normalized spacial score (nSPS) is 11.0. The second-order valence-electron chi connectivity index (χ2n) is 3.39. The number of nitrogens with zero attached hydrogens (tertiary/aromatic N) is 1. The van der Waals surface area contributed by atoms with Crippen LogP contribution in [0.2, 0.25) is 0 Å². The van der Waals surface area contributed by atoms with Gasteiger partial charge < -0.3 is 0 Å². The fraction of sp³-hybridized carbons (Fsp3) is 1.00. The molecular weight excluding hydrogens is 148 g/mol. The third kappa shape index (κ3) is 8.02. The van der Waals surface area contributed by atoms with Gasteiger partial charge in [0.25, 0.3) is 0 Å². The molecule has 0 bridgehead atoms. The number of nitrogens with one attached hydrogen (secondary N) is 1. The highest BCUT2D eigenvalue weighted by atomic mass is 15.5. The molecule has 0 aromatic heterocycles. The third-order valence-corrected chi connectivity index (χ3v) is 2.01. The molecule has 0 aromatic rings. The highest BCUT2D eigenvalue weighted by Crippen LogP contribution is 1.92. The first-order chi connectivity index (χ1) is 5.81. The minimum atomic E-state index is 1.13. The number of unbranched alkanes of at least 4 members (excludes halogenated alkanes) is 3. The Kier molecular flexibility index (Phi) is 8.95. The number of hydrogen-bond donors (Lipinski definition) is 1. The smallest absolute Gasteiger partial charge is 0.0127 e. The zero-order valence-electron chi connectivity index (χ0n) is 8.90. The van der Waals surface area contributed by atoms with Gasteiger partial charge in [-0.25, -0.2) is 5.01 Å². The Balaban J connectivity index is 3.02. The lowest BCUT2D eigenvalue weighted by molar-refractivity contribution is 0.230. The highest BCUT2D eigenvalue weighted by molar-refractivity contribution is 4.46. The summed E-state index contributed by atoms with van der Waals surface area (Å²) in [5.74, 6) is 0. The number of rotatable bonds is 8. The summed E-state index contributed by atoms with van der Waals surface area (Å²) >= 11 is 0. The molecule has 0 amide bonds. The van der Waals surface area contributed by atoms with Crippen molar-refractivity contribution in [3.05, 3.63) is 0 Å². The van der Waals surface area contributed by atoms with E-state index in [0.717, 1.165) is 6.54 Å². The Bertz CT molecular complexity index is 83.9. The molecule has 0 aromatic carbocycles. The van der Waals surface area contributed by atoms with E-state index >= 15 is 0 Å². The van der Waals surface area contributed by atoms with Gasteiger partial charge in [-0.05, 0) is 12.8 Å². The van der Waals surface area contributed by atoms with Gasteiger partial charge in [0, 0.05) is 20.1 Å². The quantitative estimate of drug-likeness (QED) is 0.447. The first kappa shape index (κ1) is 11.9. The predicted molar refractivity (Wildman–Crippen MR) is 55.1 cm³/mol. The van der Waals surface area contributed by atoms with Gasteiger partial charge in [-0.2, -0.15) is 0 Å². The van der Waals surface area contributed by atoms with Gasteiger partial charge >= 0.3 is 0 Å². The summed E-state index contributed by atoms with van der Waals surface area (Å²) in [5.41, 5.74) is 3.39. The van der Waals surface area contributed by atoms with E-state index in [1.807, 2.05) is 0 Å². The van der Waals surface area contributed by atoms with E-state index in [2.05, 4.69) is 31.3 Å². The molecule has 0 saturated carbocycles. The molecule has 0 aliphatic heterocycles. The van der Waals surface area contributed by atoms with Crippen molar-refractivity contribution < 1.29 is 0 Å². The van der Waals surface area contributed by atoms with Crippen LogP contribution in [0.5, 0.6) is 0 Å². The van der Waals surface area contributed by atoms with Gasteiger partial charge in [0.1, 0.15) is 0 Å². The van der Waals surface area contributed by atoms with Gasteiger partial charge in [-0.15, -0.1) is 0 Å². The van der Waals surface area contributed by atoms with Crippen molar-refractivity contribution in [1.82, 2.24) is 10.4 Å². The van der Waals surface area contributed by atoms with Gasteiger partial charge in [-0.3, -0.25) is 5.43 Å². The van der Waals surface area contributed by atoms with E-state index in [1.54, 1.807) is 0 Å². The van der Waals surface area contributed by atoms with Crippen molar-refractivity contribution in [3.8, 4) is 0 Å². The van der Waals surface area contributed by atoms with Crippen LogP contribution in [0.3, 0.4) is 0 Å². The van der Waals surface area contributed by atoms with Crippen molar-refractivity contribution in [1.29, 1.82) is 0 Å². The van der Waals surface area contributed by atoms with Crippen molar-refractivity contribution in [2.75, 3.05) is 20.1 Å². The Hall–Kier alpha value is -0.0800. The molecule has 0 atom stereocenters. The standard InChI is InChI=1S/C10H24N2/c1-4-6-8-9-11-12(3)10-7-5-2/h11H,4-10H2,1-3H3. The van der Waals surface area contributed by atoms with Crippen molar-refractivity contribution in [3.63, 3.8) is 0 Å². The molecule has 2 nitrogen and oxygen atoms in total. The van der Waals surface area contributed by atoms with Crippen LogP contribution in [0, 0.1) is 0 Å². The average molecular weight is 172 g/mol. The zero-order chi connectivity index (χ0) is 9.23. The first-order valence-electron chi connectivity index (χ1n) is 5.25. The summed E-state index contributed by atoms with van der Waals surface area (Å²) in [6.45, 7) is 6.77. The second kappa shape index (κ2) is 9.01. The maximum atomic E-state index is 3.39. The van der Waals surface area contributed by atoms with Crippen molar-refractivity contribution >= 4 is 0 Å². The summed E-state index contributed by atoms with van der Waals surface area (Å²) in [6.07, 6.45) is 6.51. The topological polar surface area (TPSA) is 15.3 Å². The van der Waals surface area contributed by atoms with Crippen LogP contribution in [0.1, 0.15) is 46.0 Å². The van der Waals surface area contributed by atoms with Crippen LogP contribution in [0.4, 0.5) is 0 Å². The largest absolute Gasteiger partial charge is 0.255 e. The van der Waals surface area contributed by atoms with E-state index < -0.39 is 0 Å². The summed E-state index contributed by atoms with van der Waals surface area (Å²) in [4.78, 5) is 0. The molecule has 2 heteroatoms. The minimum absolute atomic E-state index is 1.13. The molecule has 0 heterocycles. The van der Waals surface area contributed by atoms with E-state index in [1.165, 1.54) is 38.6 Å². The molecule has 12 heavy (non-hydrogen) atoms. The van der Waals surface area contributed by atoms with E-state index in [9.17, 15) is 0 Å². The summed E-state index contributed by atoms with van der Waals surface area (Å²) in [5, 5.41) is 2.21. The lowest BCUT2D eigenvalue weighted by Crippen LogP contribution is -2.35. The van der Waals surface area contributed by atoms with E-state index in [4.69, 9.17) is 0 Å². The lowest BCUT2D eigenvalue weighted by Gasteiger charge is -2.17. The maximum absolute atomic E-state index is 3.39. The van der Waals surface area contributed by atoms with Crippen molar-refractivity contribution in [2.45, 2.75) is 46.0 Å². The third-order valence-electron chi connectivity index (χ3n) is 2.01. The van der Waals surface area contributed by atoms with E-state index in [0.29, 0.717) is 0 Å². The Morgan fingerprint density at radius 2 is 1.67 bits per heavy atom. The second-order valence-corrected chi connectivity index (χ2v) is 3.39. The summed E-state index contributed by atoms with van der Waals surface area (Å²) in [7, 11) is 2.13. The maximum Gasteiger partial charge on any atom is 0.0127 e. The number of hydrazine groups is 1. The van der Waals surface area contributed by atoms with Crippen LogP contribution >= 0.6 is 0 Å².